The molecule has 0 aliphatic carbocycles. The van der Waals surface area contributed by atoms with Gasteiger partial charge in [0.2, 0.25) is 5.91 Å². The van der Waals surface area contributed by atoms with E-state index in [9.17, 15) is 4.79 Å². The summed E-state index contributed by atoms with van der Waals surface area (Å²) in [6, 6.07) is 15.3. The summed E-state index contributed by atoms with van der Waals surface area (Å²) in [7, 11) is 0. The lowest BCUT2D eigenvalue weighted by atomic mass is 10.1. The number of thioether (sulfide) groups is 1. The van der Waals surface area contributed by atoms with Crippen molar-refractivity contribution >= 4 is 29.3 Å². The number of nitrogens with zero attached hydrogens (tertiary/aromatic N) is 2. The lowest BCUT2D eigenvalue weighted by Crippen LogP contribution is -2.27. The number of rotatable bonds is 9. The number of amides is 1. The molecule has 1 aromatic heterocycles. The molecule has 0 bridgehead atoms. The minimum absolute atomic E-state index is 0.0946. The third kappa shape index (κ3) is 6.58. The Balaban J connectivity index is 1.37. The molecule has 0 saturated heterocycles. The van der Waals surface area contributed by atoms with Crippen molar-refractivity contribution in [3.63, 3.8) is 0 Å². The molecule has 0 fully saturated rings. The Morgan fingerprint density at radius 3 is 2.89 bits per heavy atom. The molecule has 3 rings (SSSR count). The van der Waals surface area contributed by atoms with Gasteiger partial charge < -0.3 is 14.5 Å². The first-order chi connectivity index (χ1) is 13.6. The van der Waals surface area contributed by atoms with Crippen LogP contribution in [0.3, 0.4) is 0 Å². The maximum atomic E-state index is 12.0. The van der Waals surface area contributed by atoms with Crippen LogP contribution in [0.25, 0.3) is 0 Å². The van der Waals surface area contributed by atoms with E-state index < -0.39 is 0 Å². The summed E-state index contributed by atoms with van der Waals surface area (Å²) in [5.74, 6) is 1.22. The van der Waals surface area contributed by atoms with E-state index in [4.69, 9.17) is 20.8 Å². The van der Waals surface area contributed by atoms with Crippen molar-refractivity contribution in [1.29, 1.82) is 0 Å². The molecule has 0 saturated carbocycles. The fraction of sp³-hybridized carbons (Fsp3) is 0.250. The van der Waals surface area contributed by atoms with E-state index in [2.05, 4.69) is 15.5 Å². The highest BCUT2D eigenvalue weighted by molar-refractivity contribution is 7.99. The second-order valence-corrected chi connectivity index (χ2v) is 7.45. The zero-order valence-corrected chi connectivity index (χ0v) is 16.9. The van der Waals surface area contributed by atoms with Crippen LogP contribution in [0.2, 0.25) is 5.02 Å². The van der Waals surface area contributed by atoms with E-state index >= 15 is 0 Å². The van der Waals surface area contributed by atoms with E-state index in [0.717, 1.165) is 23.3 Å². The molecule has 0 spiro atoms. The first kappa shape index (κ1) is 20.2. The molecule has 0 unspecified atom stereocenters. The summed E-state index contributed by atoms with van der Waals surface area (Å²) in [5, 5.41) is 11.8. The lowest BCUT2D eigenvalue weighted by molar-refractivity contribution is -0.118. The minimum Gasteiger partial charge on any atom is -0.484 e. The number of ether oxygens (including phenoxy) is 1. The Morgan fingerprint density at radius 1 is 1.21 bits per heavy atom. The van der Waals surface area contributed by atoms with Crippen LogP contribution in [0.5, 0.6) is 5.75 Å². The number of hydrogen-bond acceptors (Lipinski definition) is 6. The number of benzene rings is 2. The summed E-state index contributed by atoms with van der Waals surface area (Å²) in [6.07, 6.45) is 0.720. The predicted octanol–water partition coefficient (Wildman–Crippen LogP) is 4.06. The standard InChI is InChI=1S/C20H20ClN3O3S/c1-14-4-2-7-17(10-14)26-12-19-23-24-20(27-19)28-13-18(25)22-9-8-15-5-3-6-16(21)11-15/h2-7,10-11H,8-9,12-13H2,1H3,(H,22,25). The van der Waals surface area contributed by atoms with Crippen molar-refractivity contribution in [3.8, 4) is 5.75 Å². The van der Waals surface area contributed by atoms with Gasteiger partial charge in [0.1, 0.15) is 5.75 Å². The van der Waals surface area contributed by atoms with E-state index in [-0.39, 0.29) is 18.3 Å². The lowest BCUT2D eigenvalue weighted by Gasteiger charge is -2.05. The molecule has 0 radical (unpaired) electrons. The van der Waals surface area contributed by atoms with E-state index in [1.165, 1.54) is 11.8 Å². The van der Waals surface area contributed by atoms with Gasteiger partial charge in [0.15, 0.2) is 6.61 Å². The Hall–Kier alpha value is -2.51. The van der Waals surface area contributed by atoms with Gasteiger partial charge in [-0.25, -0.2) is 0 Å². The molecule has 3 aromatic rings. The fourth-order valence-corrected chi connectivity index (χ4v) is 3.25. The normalized spacial score (nSPS) is 10.6. The van der Waals surface area contributed by atoms with Crippen LogP contribution in [-0.4, -0.2) is 28.4 Å². The number of carbonyl (C=O) groups is 1. The van der Waals surface area contributed by atoms with Crippen LogP contribution < -0.4 is 10.1 Å². The summed E-state index contributed by atoms with van der Waals surface area (Å²) in [5.41, 5.74) is 2.19. The number of carbonyl (C=O) groups excluding carboxylic acids is 1. The monoisotopic (exact) mass is 417 g/mol. The molecule has 0 atom stereocenters. The van der Waals surface area contributed by atoms with Crippen LogP contribution in [0.1, 0.15) is 17.0 Å². The quantitative estimate of drug-likeness (QED) is 0.529. The van der Waals surface area contributed by atoms with Crippen molar-refractivity contribution in [1.82, 2.24) is 15.5 Å². The van der Waals surface area contributed by atoms with Gasteiger partial charge in [0, 0.05) is 11.6 Å². The largest absolute Gasteiger partial charge is 0.484 e. The Bertz CT molecular complexity index is 932. The third-order valence-electron chi connectivity index (χ3n) is 3.75. The summed E-state index contributed by atoms with van der Waals surface area (Å²) >= 11 is 7.14. The molecule has 2 aromatic carbocycles. The molecule has 0 aliphatic heterocycles. The molecule has 0 aliphatic rings. The van der Waals surface area contributed by atoms with Crippen molar-refractivity contribution in [2.75, 3.05) is 12.3 Å². The van der Waals surface area contributed by atoms with Crippen molar-refractivity contribution in [2.24, 2.45) is 0 Å². The summed E-state index contributed by atoms with van der Waals surface area (Å²) in [4.78, 5) is 12.0. The van der Waals surface area contributed by atoms with E-state index in [1.54, 1.807) is 0 Å². The second kappa shape index (κ2) is 10.1. The Morgan fingerprint density at radius 2 is 2.07 bits per heavy atom. The molecule has 146 valence electrons. The van der Waals surface area contributed by atoms with Gasteiger partial charge in [-0.3, -0.25) is 4.79 Å². The average molecular weight is 418 g/mol. The van der Waals surface area contributed by atoms with Crippen LogP contribution in [0.15, 0.2) is 58.2 Å². The van der Waals surface area contributed by atoms with E-state index in [0.29, 0.717) is 22.7 Å². The topological polar surface area (TPSA) is 77.2 Å². The highest BCUT2D eigenvalue weighted by Gasteiger charge is 2.10. The minimum atomic E-state index is -0.0946. The molecule has 6 nitrogen and oxygen atoms in total. The van der Waals surface area contributed by atoms with Crippen LogP contribution in [-0.2, 0) is 17.8 Å². The van der Waals surface area contributed by atoms with Gasteiger partial charge in [0.05, 0.1) is 5.75 Å². The zero-order valence-electron chi connectivity index (χ0n) is 15.4. The SMILES string of the molecule is Cc1cccc(OCc2nnc(SCC(=O)NCCc3cccc(Cl)c3)o2)c1. The molecule has 8 heteroatoms. The second-order valence-electron chi connectivity index (χ2n) is 6.09. The number of hydrogen-bond donors (Lipinski definition) is 1. The van der Waals surface area contributed by atoms with Crippen molar-refractivity contribution in [3.05, 3.63) is 70.6 Å². The number of halogens is 1. The van der Waals surface area contributed by atoms with Crippen molar-refractivity contribution in [2.45, 2.75) is 25.2 Å². The van der Waals surface area contributed by atoms with Gasteiger partial charge in [-0.15, -0.1) is 10.2 Å². The maximum absolute atomic E-state index is 12.0. The number of aryl methyl sites for hydroxylation is 1. The highest BCUT2D eigenvalue weighted by Crippen LogP contribution is 2.18. The Kier molecular flexibility index (Phi) is 7.33. The molecular formula is C20H20ClN3O3S. The first-order valence-electron chi connectivity index (χ1n) is 8.74. The number of aromatic nitrogens is 2. The zero-order chi connectivity index (χ0) is 19.8. The average Bonchev–Trinajstić information content (AvgIpc) is 3.13. The van der Waals surface area contributed by atoms with Gasteiger partial charge in [0.25, 0.3) is 11.1 Å². The molecule has 1 amide bonds. The number of nitrogens with one attached hydrogen (secondary N) is 1. The summed E-state index contributed by atoms with van der Waals surface area (Å²) < 4.78 is 11.1. The molecule has 1 heterocycles. The molecular weight excluding hydrogens is 398 g/mol. The van der Waals surface area contributed by atoms with Crippen LogP contribution >= 0.6 is 23.4 Å². The van der Waals surface area contributed by atoms with Crippen LogP contribution in [0.4, 0.5) is 0 Å². The Labute approximate surface area is 172 Å². The van der Waals surface area contributed by atoms with Gasteiger partial charge in [-0.2, -0.15) is 0 Å². The van der Waals surface area contributed by atoms with Crippen LogP contribution in [0, 0.1) is 6.92 Å². The first-order valence-corrected chi connectivity index (χ1v) is 10.1. The smallest absolute Gasteiger partial charge is 0.277 e. The van der Waals surface area contributed by atoms with Gasteiger partial charge >= 0.3 is 0 Å². The molecule has 28 heavy (non-hydrogen) atoms. The highest BCUT2D eigenvalue weighted by atomic mass is 35.5. The molecule has 1 N–H and O–H groups in total. The predicted molar refractivity (Wildman–Crippen MR) is 109 cm³/mol. The third-order valence-corrected chi connectivity index (χ3v) is 4.81. The van der Waals surface area contributed by atoms with Gasteiger partial charge in [-0.05, 0) is 48.7 Å². The summed E-state index contributed by atoms with van der Waals surface area (Å²) in [6.45, 7) is 2.72. The van der Waals surface area contributed by atoms with E-state index in [1.807, 2.05) is 55.5 Å². The maximum Gasteiger partial charge on any atom is 0.277 e. The fourth-order valence-electron chi connectivity index (χ4n) is 2.42. The van der Waals surface area contributed by atoms with Crippen molar-refractivity contribution < 1.29 is 13.9 Å². The van der Waals surface area contributed by atoms with Gasteiger partial charge in [-0.1, -0.05) is 47.6 Å².